The van der Waals surface area contributed by atoms with Crippen LogP contribution in [0.5, 0.6) is 0 Å². The Bertz CT molecular complexity index is 119. The minimum absolute atomic E-state index is 0.195. The second-order valence-corrected chi connectivity index (χ2v) is 3.27. The Hall–Kier alpha value is -0.370. The third-order valence-corrected chi connectivity index (χ3v) is 1.77. The first kappa shape index (κ1) is 10.6. The van der Waals surface area contributed by atoms with Gasteiger partial charge in [0.05, 0.1) is 12.7 Å². The fourth-order valence-electron chi connectivity index (χ4n) is 0.581. The first-order valence-corrected chi connectivity index (χ1v) is 4.15. The lowest BCUT2D eigenvalue weighted by atomic mass is 10.1. The number of ether oxygens (including phenoxy) is 1. The van der Waals surface area contributed by atoms with E-state index in [4.69, 9.17) is 4.74 Å². The van der Waals surface area contributed by atoms with Gasteiger partial charge in [-0.05, 0) is 19.8 Å². The smallest absolute Gasteiger partial charge is 0.132 e. The Balaban J connectivity index is 3.31. The molecule has 0 amide bonds. The van der Waals surface area contributed by atoms with E-state index in [1.807, 2.05) is 6.92 Å². The second-order valence-electron chi connectivity index (χ2n) is 3.27. The standard InChI is InChI=1S/C9H18O2/c1-7(2)9(4)11-6-5-8(3)10/h7,9H,5-6H2,1-4H3/t9-/m0/s1. The predicted molar refractivity (Wildman–Crippen MR) is 45.6 cm³/mol. The average molecular weight is 158 g/mol. The van der Waals surface area contributed by atoms with E-state index >= 15 is 0 Å². The van der Waals surface area contributed by atoms with Crippen molar-refractivity contribution in [3.05, 3.63) is 0 Å². The summed E-state index contributed by atoms with van der Waals surface area (Å²) in [7, 11) is 0. The number of rotatable bonds is 5. The van der Waals surface area contributed by atoms with Crippen LogP contribution in [0.2, 0.25) is 0 Å². The van der Waals surface area contributed by atoms with E-state index in [0.717, 1.165) is 0 Å². The Morgan fingerprint density at radius 2 is 1.91 bits per heavy atom. The minimum Gasteiger partial charge on any atom is -0.378 e. The molecule has 0 aliphatic rings. The Kier molecular flexibility index (Phi) is 5.12. The fraction of sp³-hybridized carbons (Fsp3) is 0.889. The van der Waals surface area contributed by atoms with Crippen molar-refractivity contribution >= 4 is 5.78 Å². The molecule has 1 atom stereocenters. The molecule has 0 fully saturated rings. The summed E-state index contributed by atoms with van der Waals surface area (Å²) in [6, 6.07) is 0. The van der Waals surface area contributed by atoms with Crippen molar-refractivity contribution in [1.29, 1.82) is 0 Å². The molecule has 0 unspecified atom stereocenters. The minimum atomic E-state index is 0.195. The van der Waals surface area contributed by atoms with Crippen LogP contribution in [0.15, 0.2) is 0 Å². The maximum absolute atomic E-state index is 10.5. The lowest BCUT2D eigenvalue weighted by molar-refractivity contribution is -0.118. The lowest BCUT2D eigenvalue weighted by Gasteiger charge is -2.15. The van der Waals surface area contributed by atoms with Gasteiger partial charge in [-0.1, -0.05) is 13.8 Å². The Morgan fingerprint density at radius 3 is 2.27 bits per heavy atom. The number of carbonyl (C=O) groups is 1. The lowest BCUT2D eigenvalue weighted by Crippen LogP contribution is -2.16. The molecule has 2 heteroatoms. The van der Waals surface area contributed by atoms with Gasteiger partial charge in [-0.25, -0.2) is 0 Å². The van der Waals surface area contributed by atoms with E-state index in [9.17, 15) is 4.79 Å². The summed E-state index contributed by atoms with van der Waals surface area (Å²) in [5.74, 6) is 0.725. The van der Waals surface area contributed by atoms with E-state index in [2.05, 4.69) is 13.8 Å². The highest BCUT2D eigenvalue weighted by Gasteiger charge is 2.06. The number of hydrogen-bond donors (Lipinski definition) is 0. The van der Waals surface area contributed by atoms with Crippen molar-refractivity contribution in [3.8, 4) is 0 Å². The Labute approximate surface area is 68.9 Å². The van der Waals surface area contributed by atoms with Gasteiger partial charge in [0.1, 0.15) is 5.78 Å². The highest BCUT2D eigenvalue weighted by molar-refractivity contribution is 5.75. The van der Waals surface area contributed by atoms with Crippen molar-refractivity contribution < 1.29 is 9.53 Å². The van der Waals surface area contributed by atoms with Gasteiger partial charge in [0, 0.05) is 6.42 Å². The molecule has 0 rings (SSSR count). The fourth-order valence-corrected chi connectivity index (χ4v) is 0.581. The summed E-state index contributed by atoms with van der Waals surface area (Å²) >= 11 is 0. The van der Waals surface area contributed by atoms with Crippen LogP contribution in [-0.4, -0.2) is 18.5 Å². The molecule has 0 spiro atoms. The van der Waals surface area contributed by atoms with E-state index < -0.39 is 0 Å². The topological polar surface area (TPSA) is 26.3 Å². The van der Waals surface area contributed by atoms with Crippen LogP contribution < -0.4 is 0 Å². The molecular formula is C9H18O2. The molecular weight excluding hydrogens is 140 g/mol. The van der Waals surface area contributed by atoms with Crippen LogP contribution in [0.25, 0.3) is 0 Å². The zero-order chi connectivity index (χ0) is 8.85. The monoisotopic (exact) mass is 158 g/mol. The third kappa shape index (κ3) is 6.05. The Morgan fingerprint density at radius 1 is 1.36 bits per heavy atom. The van der Waals surface area contributed by atoms with Crippen molar-refractivity contribution in [2.75, 3.05) is 6.61 Å². The zero-order valence-electron chi connectivity index (χ0n) is 7.89. The summed E-state index contributed by atoms with van der Waals surface area (Å²) < 4.78 is 5.39. The predicted octanol–water partition coefficient (Wildman–Crippen LogP) is 2.03. The molecule has 0 saturated heterocycles. The van der Waals surface area contributed by atoms with Crippen LogP contribution in [0, 0.1) is 5.92 Å². The van der Waals surface area contributed by atoms with E-state index in [1.165, 1.54) is 0 Å². The average Bonchev–Trinajstić information content (AvgIpc) is 1.86. The summed E-state index contributed by atoms with van der Waals surface area (Å²) in [5.41, 5.74) is 0. The van der Waals surface area contributed by atoms with Crippen molar-refractivity contribution in [2.24, 2.45) is 5.92 Å². The molecule has 0 radical (unpaired) electrons. The highest BCUT2D eigenvalue weighted by Crippen LogP contribution is 2.05. The SMILES string of the molecule is CC(=O)CCO[C@@H](C)C(C)C. The largest absolute Gasteiger partial charge is 0.378 e. The van der Waals surface area contributed by atoms with Gasteiger partial charge in [-0.2, -0.15) is 0 Å². The van der Waals surface area contributed by atoms with Crippen molar-refractivity contribution in [1.82, 2.24) is 0 Å². The van der Waals surface area contributed by atoms with E-state index in [-0.39, 0.29) is 11.9 Å². The molecule has 0 aromatic heterocycles. The first-order chi connectivity index (χ1) is 5.04. The molecule has 2 nitrogen and oxygen atoms in total. The summed E-state index contributed by atoms with van der Waals surface area (Å²) in [6.45, 7) is 8.40. The third-order valence-electron chi connectivity index (χ3n) is 1.77. The molecule has 66 valence electrons. The maximum Gasteiger partial charge on any atom is 0.132 e. The van der Waals surface area contributed by atoms with E-state index in [0.29, 0.717) is 18.9 Å². The highest BCUT2D eigenvalue weighted by atomic mass is 16.5. The number of carbonyl (C=O) groups excluding carboxylic acids is 1. The van der Waals surface area contributed by atoms with Gasteiger partial charge in [0.2, 0.25) is 0 Å². The molecule has 0 aromatic carbocycles. The van der Waals surface area contributed by atoms with Crippen LogP contribution in [0.1, 0.15) is 34.1 Å². The zero-order valence-corrected chi connectivity index (χ0v) is 7.89. The molecule has 0 aliphatic heterocycles. The van der Waals surface area contributed by atoms with Gasteiger partial charge >= 0.3 is 0 Å². The van der Waals surface area contributed by atoms with Crippen LogP contribution in [0.4, 0.5) is 0 Å². The maximum atomic E-state index is 10.5. The summed E-state index contributed by atoms with van der Waals surface area (Å²) in [6.07, 6.45) is 0.797. The molecule has 11 heavy (non-hydrogen) atoms. The van der Waals surface area contributed by atoms with Gasteiger partial charge in [-0.15, -0.1) is 0 Å². The van der Waals surface area contributed by atoms with Crippen molar-refractivity contribution in [2.45, 2.75) is 40.2 Å². The molecule has 0 aliphatic carbocycles. The molecule has 0 bridgehead atoms. The molecule has 0 saturated carbocycles. The molecule has 0 aromatic rings. The summed E-state index contributed by atoms with van der Waals surface area (Å²) in [5, 5.41) is 0. The summed E-state index contributed by atoms with van der Waals surface area (Å²) in [4.78, 5) is 10.5. The van der Waals surface area contributed by atoms with Gasteiger partial charge in [-0.3, -0.25) is 4.79 Å². The van der Waals surface area contributed by atoms with Crippen LogP contribution in [0.3, 0.4) is 0 Å². The van der Waals surface area contributed by atoms with Crippen LogP contribution in [-0.2, 0) is 9.53 Å². The van der Waals surface area contributed by atoms with Crippen LogP contribution >= 0.6 is 0 Å². The number of hydrogen-bond acceptors (Lipinski definition) is 2. The first-order valence-electron chi connectivity index (χ1n) is 4.15. The molecule has 0 N–H and O–H groups in total. The van der Waals surface area contributed by atoms with Gasteiger partial charge < -0.3 is 4.74 Å². The second kappa shape index (κ2) is 5.30. The van der Waals surface area contributed by atoms with Gasteiger partial charge in [0.15, 0.2) is 0 Å². The quantitative estimate of drug-likeness (QED) is 0.612. The number of ketones is 1. The number of Topliss-reactive ketones (excluding diaryl/α,β-unsaturated/α-hetero) is 1. The van der Waals surface area contributed by atoms with Gasteiger partial charge in [0.25, 0.3) is 0 Å². The van der Waals surface area contributed by atoms with Crippen molar-refractivity contribution in [3.63, 3.8) is 0 Å². The molecule has 0 heterocycles. The normalized spacial score (nSPS) is 13.5. The van der Waals surface area contributed by atoms with E-state index in [1.54, 1.807) is 6.92 Å².